The highest BCUT2D eigenvalue weighted by Crippen LogP contribution is 2.16. The van der Waals surface area contributed by atoms with Gasteiger partial charge in [-0.2, -0.15) is 0 Å². The van der Waals surface area contributed by atoms with Crippen LogP contribution >= 0.6 is 12.2 Å². The van der Waals surface area contributed by atoms with Crippen LogP contribution in [0.1, 0.15) is 15.9 Å². The number of para-hydroxylation sites is 1. The molecule has 6 heteroatoms. The molecule has 4 N–H and O–H groups in total. The smallest absolute Gasteiger partial charge is 0.248 e. The molecule has 5 nitrogen and oxygen atoms in total. The summed E-state index contributed by atoms with van der Waals surface area (Å²) in [5.74, 6) is 0.354. The van der Waals surface area contributed by atoms with Crippen LogP contribution in [0.3, 0.4) is 0 Å². The molecular weight excluding hydrogens is 298 g/mol. The summed E-state index contributed by atoms with van der Waals surface area (Å²) >= 11 is 5.24. The maximum absolute atomic E-state index is 11.0. The van der Waals surface area contributed by atoms with Crippen LogP contribution in [0.15, 0.2) is 48.5 Å². The molecule has 1 amide bonds. The zero-order valence-electron chi connectivity index (χ0n) is 12.1. The second-order valence-corrected chi connectivity index (χ2v) is 4.97. The fourth-order valence-electron chi connectivity index (χ4n) is 1.92. The van der Waals surface area contributed by atoms with Gasteiger partial charge in [-0.05, 0) is 42.5 Å². The van der Waals surface area contributed by atoms with Crippen LogP contribution in [0.5, 0.6) is 5.75 Å². The Balaban J connectivity index is 1.91. The van der Waals surface area contributed by atoms with Gasteiger partial charge in [-0.25, -0.2) is 0 Å². The summed E-state index contributed by atoms with van der Waals surface area (Å²) in [7, 11) is 1.63. The highest BCUT2D eigenvalue weighted by Gasteiger charge is 2.04. The predicted octanol–water partition coefficient (Wildman–Crippen LogP) is 2.28. The van der Waals surface area contributed by atoms with Crippen molar-refractivity contribution >= 4 is 28.9 Å². The number of carbonyl (C=O) groups excluding carboxylic acids is 1. The number of anilines is 1. The van der Waals surface area contributed by atoms with E-state index in [1.807, 2.05) is 24.3 Å². The minimum Gasteiger partial charge on any atom is -0.496 e. The molecule has 0 atom stereocenters. The molecule has 0 unspecified atom stereocenters. The highest BCUT2D eigenvalue weighted by molar-refractivity contribution is 7.80. The van der Waals surface area contributed by atoms with Gasteiger partial charge < -0.3 is 21.1 Å². The molecule has 0 aliphatic rings. The first-order valence-corrected chi connectivity index (χ1v) is 7.07. The quantitative estimate of drug-likeness (QED) is 0.738. The van der Waals surface area contributed by atoms with E-state index in [1.165, 1.54) is 0 Å². The third-order valence-corrected chi connectivity index (χ3v) is 3.31. The van der Waals surface area contributed by atoms with Crippen molar-refractivity contribution in [3.05, 3.63) is 59.7 Å². The van der Waals surface area contributed by atoms with Crippen LogP contribution in [0, 0.1) is 0 Å². The Labute approximate surface area is 134 Å². The zero-order valence-corrected chi connectivity index (χ0v) is 12.9. The third kappa shape index (κ3) is 4.20. The van der Waals surface area contributed by atoms with Crippen LogP contribution in [-0.2, 0) is 6.54 Å². The van der Waals surface area contributed by atoms with Crippen molar-refractivity contribution < 1.29 is 9.53 Å². The largest absolute Gasteiger partial charge is 0.496 e. The minimum absolute atomic E-state index is 0.455. The van der Waals surface area contributed by atoms with Crippen molar-refractivity contribution in [2.75, 3.05) is 12.4 Å². The number of nitrogens with one attached hydrogen (secondary N) is 2. The van der Waals surface area contributed by atoms with E-state index >= 15 is 0 Å². The Morgan fingerprint density at radius 3 is 2.50 bits per heavy atom. The number of primary amides is 1. The fourth-order valence-corrected chi connectivity index (χ4v) is 2.11. The predicted molar refractivity (Wildman–Crippen MR) is 91.0 cm³/mol. The molecule has 0 aliphatic heterocycles. The molecule has 114 valence electrons. The Morgan fingerprint density at radius 1 is 1.18 bits per heavy atom. The topological polar surface area (TPSA) is 76.4 Å². The standard InChI is InChI=1S/C16H17N3O2S/c1-21-14-5-3-2-4-12(14)10-18-16(22)19-13-8-6-11(7-9-13)15(17)20/h2-9H,10H2,1H3,(H2,17,20)(H2,18,19,22). The fraction of sp³-hybridized carbons (Fsp3) is 0.125. The molecule has 0 bridgehead atoms. The first kappa shape index (κ1) is 15.8. The number of hydrogen-bond acceptors (Lipinski definition) is 3. The van der Waals surface area contributed by atoms with Crippen molar-refractivity contribution in [2.24, 2.45) is 5.73 Å². The van der Waals surface area contributed by atoms with Gasteiger partial charge in [-0.1, -0.05) is 18.2 Å². The lowest BCUT2D eigenvalue weighted by Gasteiger charge is -2.12. The summed E-state index contributed by atoms with van der Waals surface area (Å²) in [5, 5.41) is 6.64. The molecule has 0 aliphatic carbocycles. The van der Waals surface area contributed by atoms with E-state index in [1.54, 1.807) is 31.4 Å². The van der Waals surface area contributed by atoms with E-state index in [-0.39, 0.29) is 0 Å². The number of nitrogens with two attached hydrogens (primary N) is 1. The Kier molecular flexibility index (Phi) is 5.32. The van der Waals surface area contributed by atoms with Gasteiger partial charge in [0.05, 0.1) is 7.11 Å². The van der Waals surface area contributed by atoms with Crippen LogP contribution in [0.2, 0.25) is 0 Å². The van der Waals surface area contributed by atoms with Crippen LogP contribution in [0.4, 0.5) is 5.69 Å². The first-order chi connectivity index (χ1) is 10.6. The molecule has 0 fully saturated rings. The summed E-state index contributed by atoms with van der Waals surface area (Å²) in [6.07, 6.45) is 0. The van der Waals surface area contributed by atoms with Gasteiger partial charge in [0.1, 0.15) is 5.75 Å². The lowest BCUT2D eigenvalue weighted by Crippen LogP contribution is -2.28. The van der Waals surface area contributed by atoms with Gasteiger partial charge >= 0.3 is 0 Å². The van der Waals surface area contributed by atoms with Crippen LogP contribution < -0.4 is 21.1 Å². The number of carbonyl (C=O) groups is 1. The maximum Gasteiger partial charge on any atom is 0.248 e. The van der Waals surface area contributed by atoms with Crippen molar-refractivity contribution in [3.63, 3.8) is 0 Å². The number of benzene rings is 2. The Hall–Kier alpha value is -2.60. The van der Waals surface area contributed by atoms with Crippen LogP contribution in [-0.4, -0.2) is 18.1 Å². The number of amides is 1. The number of methoxy groups -OCH3 is 1. The van der Waals surface area contributed by atoms with Crippen molar-refractivity contribution in [3.8, 4) is 5.75 Å². The van der Waals surface area contributed by atoms with Gasteiger partial charge in [0.25, 0.3) is 0 Å². The van der Waals surface area contributed by atoms with E-state index < -0.39 is 5.91 Å². The summed E-state index contributed by atoms with van der Waals surface area (Å²) in [6, 6.07) is 14.5. The molecule has 2 aromatic carbocycles. The molecular formula is C16H17N3O2S. The van der Waals surface area contributed by atoms with E-state index in [2.05, 4.69) is 10.6 Å². The molecule has 0 heterocycles. The van der Waals surface area contributed by atoms with E-state index in [0.717, 1.165) is 17.0 Å². The van der Waals surface area contributed by atoms with Crippen LogP contribution in [0.25, 0.3) is 0 Å². The maximum atomic E-state index is 11.0. The lowest BCUT2D eigenvalue weighted by atomic mass is 10.2. The van der Waals surface area contributed by atoms with Crippen molar-refractivity contribution in [1.29, 1.82) is 0 Å². The normalized spacial score (nSPS) is 9.86. The molecule has 0 aromatic heterocycles. The van der Waals surface area contributed by atoms with Crippen molar-refractivity contribution in [1.82, 2.24) is 5.32 Å². The second kappa shape index (κ2) is 7.42. The average molecular weight is 315 g/mol. The minimum atomic E-state index is -0.455. The summed E-state index contributed by atoms with van der Waals surface area (Å²) in [4.78, 5) is 11.0. The Morgan fingerprint density at radius 2 is 1.86 bits per heavy atom. The summed E-state index contributed by atoms with van der Waals surface area (Å²) in [6.45, 7) is 0.551. The third-order valence-electron chi connectivity index (χ3n) is 3.06. The first-order valence-electron chi connectivity index (χ1n) is 6.67. The number of hydrogen-bond donors (Lipinski definition) is 3. The zero-order chi connectivity index (χ0) is 15.9. The molecule has 0 radical (unpaired) electrons. The SMILES string of the molecule is COc1ccccc1CNC(=S)Nc1ccc(C(N)=O)cc1. The van der Waals surface area contributed by atoms with Gasteiger partial charge in [0.15, 0.2) is 5.11 Å². The molecule has 0 saturated heterocycles. The number of ether oxygens (including phenoxy) is 1. The summed E-state index contributed by atoms with van der Waals surface area (Å²) in [5.41, 5.74) is 7.44. The number of rotatable bonds is 5. The molecule has 0 saturated carbocycles. The van der Waals surface area contributed by atoms with Gasteiger partial charge in [-0.15, -0.1) is 0 Å². The van der Waals surface area contributed by atoms with Crippen molar-refractivity contribution in [2.45, 2.75) is 6.54 Å². The average Bonchev–Trinajstić information content (AvgIpc) is 2.53. The van der Waals surface area contributed by atoms with Gasteiger partial charge in [-0.3, -0.25) is 4.79 Å². The molecule has 2 aromatic rings. The van der Waals surface area contributed by atoms with E-state index in [4.69, 9.17) is 22.7 Å². The van der Waals surface area contributed by atoms with E-state index in [0.29, 0.717) is 17.2 Å². The molecule has 0 spiro atoms. The second-order valence-electron chi connectivity index (χ2n) is 4.56. The van der Waals surface area contributed by atoms with Gasteiger partial charge in [0, 0.05) is 23.4 Å². The monoisotopic (exact) mass is 315 g/mol. The van der Waals surface area contributed by atoms with E-state index in [9.17, 15) is 4.79 Å². The van der Waals surface area contributed by atoms with Gasteiger partial charge in [0.2, 0.25) is 5.91 Å². The number of thiocarbonyl (C=S) groups is 1. The Bertz CT molecular complexity index is 671. The molecule has 22 heavy (non-hydrogen) atoms. The highest BCUT2D eigenvalue weighted by atomic mass is 32.1. The lowest BCUT2D eigenvalue weighted by molar-refractivity contribution is 0.100. The molecule has 2 rings (SSSR count). The summed E-state index contributed by atoms with van der Waals surface area (Å²) < 4.78 is 5.28.